The molecule has 1 atom stereocenters. The second-order valence-electron chi connectivity index (χ2n) is 5.79. The lowest BCUT2D eigenvalue weighted by Gasteiger charge is -2.31. The molecule has 1 unspecified atom stereocenters. The van der Waals surface area contributed by atoms with E-state index in [1.807, 2.05) is 6.92 Å². The number of aliphatic hydroxyl groups excluding tert-OH is 1. The molecule has 130 valence electrons. The minimum absolute atomic E-state index is 0.203. The van der Waals surface area contributed by atoms with E-state index in [9.17, 15) is 13.5 Å². The molecule has 0 amide bonds. The Bertz CT molecular complexity index is 574. The van der Waals surface area contributed by atoms with Crippen LogP contribution < -0.4 is 9.46 Å². The molecule has 0 aromatic heterocycles. The van der Waals surface area contributed by atoms with Crippen molar-refractivity contribution in [2.75, 3.05) is 39.4 Å². The SMILES string of the molecule is CCOc1ccc(S(=O)(=O)NCCN2CCCC(CO)C2)cc1. The summed E-state index contributed by atoms with van der Waals surface area (Å²) in [4.78, 5) is 2.44. The lowest BCUT2D eigenvalue weighted by Crippen LogP contribution is -2.41. The van der Waals surface area contributed by atoms with E-state index in [-0.39, 0.29) is 11.5 Å². The molecule has 1 aromatic rings. The number of benzene rings is 1. The van der Waals surface area contributed by atoms with E-state index >= 15 is 0 Å². The van der Waals surface area contributed by atoms with Crippen LogP contribution >= 0.6 is 0 Å². The molecule has 23 heavy (non-hydrogen) atoms. The Hall–Kier alpha value is -1.15. The zero-order valence-electron chi connectivity index (χ0n) is 13.6. The Kier molecular flexibility index (Phi) is 6.83. The van der Waals surface area contributed by atoms with Crippen LogP contribution in [0.3, 0.4) is 0 Å². The molecule has 0 spiro atoms. The van der Waals surface area contributed by atoms with E-state index < -0.39 is 10.0 Å². The molecule has 2 N–H and O–H groups in total. The van der Waals surface area contributed by atoms with Gasteiger partial charge >= 0.3 is 0 Å². The number of hydrogen-bond donors (Lipinski definition) is 2. The van der Waals surface area contributed by atoms with Crippen molar-refractivity contribution in [3.63, 3.8) is 0 Å². The summed E-state index contributed by atoms with van der Waals surface area (Å²) in [7, 11) is -3.49. The molecule has 1 aromatic carbocycles. The van der Waals surface area contributed by atoms with E-state index in [0.29, 0.717) is 31.4 Å². The van der Waals surface area contributed by atoms with Crippen molar-refractivity contribution in [2.45, 2.75) is 24.7 Å². The van der Waals surface area contributed by atoms with Gasteiger partial charge in [-0.1, -0.05) is 0 Å². The highest BCUT2D eigenvalue weighted by molar-refractivity contribution is 7.89. The topological polar surface area (TPSA) is 78.9 Å². The van der Waals surface area contributed by atoms with E-state index in [1.165, 1.54) is 0 Å². The van der Waals surface area contributed by atoms with Gasteiger partial charge in [-0.3, -0.25) is 0 Å². The molecule has 1 saturated heterocycles. The minimum Gasteiger partial charge on any atom is -0.494 e. The van der Waals surface area contributed by atoms with Crippen molar-refractivity contribution in [1.82, 2.24) is 9.62 Å². The fraction of sp³-hybridized carbons (Fsp3) is 0.625. The minimum atomic E-state index is -3.49. The first-order valence-electron chi connectivity index (χ1n) is 8.11. The fourth-order valence-corrected chi connectivity index (χ4v) is 3.83. The lowest BCUT2D eigenvalue weighted by molar-refractivity contribution is 0.122. The number of aliphatic hydroxyl groups is 1. The van der Waals surface area contributed by atoms with Gasteiger partial charge in [0.1, 0.15) is 5.75 Å². The monoisotopic (exact) mass is 342 g/mol. The van der Waals surface area contributed by atoms with Gasteiger partial charge in [-0.15, -0.1) is 0 Å². The van der Waals surface area contributed by atoms with Gasteiger partial charge in [0, 0.05) is 26.2 Å². The predicted octanol–water partition coefficient (Wildman–Crippen LogP) is 1.07. The van der Waals surface area contributed by atoms with Gasteiger partial charge in [-0.25, -0.2) is 13.1 Å². The molecule has 0 saturated carbocycles. The van der Waals surface area contributed by atoms with Crippen LogP contribution in [0.25, 0.3) is 0 Å². The molecule has 1 heterocycles. The van der Waals surface area contributed by atoms with E-state index in [4.69, 9.17) is 4.74 Å². The van der Waals surface area contributed by atoms with Gasteiger partial charge in [0.05, 0.1) is 11.5 Å². The molecular weight excluding hydrogens is 316 g/mol. The number of nitrogens with one attached hydrogen (secondary N) is 1. The normalized spacial score (nSPS) is 19.7. The largest absolute Gasteiger partial charge is 0.494 e. The second-order valence-corrected chi connectivity index (χ2v) is 7.56. The maximum Gasteiger partial charge on any atom is 0.240 e. The highest BCUT2D eigenvalue weighted by Crippen LogP contribution is 2.17. The van der Waals surface area contributed by atoms with E-state index in [1.54, 1.807) is 24.3 Å². The second kappa shape index (κ2) is 8.63. The van der Waals surface area contributed by atoms with Crippen LogP contribution in [0.15, 0.2) is 29.2 Å². The molecule has 1 aliphatic rings. The van der Waals surface area contributed by atoms with Crippen LogP contribution in [0, 0.1) is 5.92 Å². The quantitative estimate of drug-likeness (QED) is 0.739. The number of hydrogen-bond acceptors (Lipinski definition) is 5. The van der Waals surface area contributed by atoms with Crippen LogP contribution in [0.1, 0.15) is 19.8 Å². The third-order valence-corrected chi connectivity index (χ3v) is 5.50. The van der Waals surface area contributed by atoms with Crippen molar-refractivity contribution < 1.29 is 18.3 Å². The standard InChI is InChI=1S/C16H26N2O4S/c1-2-22-15-5-7-16(8-6-15)23(20,21)17-9-11-18-10-3-4-14(12-18)13-19/h5-8,14,17,19H,2-4,9-13H2,1H3. The summed E-state index contributed by atoms with van der Waals surface area (Å²) in [5.74, 6) is 0.973. The number of likely N-dealkylation sites (tertiary alicyclic amines) is 1. The highest BCUT2D eigenvalue weighted by Gasteiger charge is 2.20. The summed E-state index contributed by atoms with van der Waals surface area (Å²) in [6.45, 7) is 5.46. The van der Waals surface area contributed by atoms with E-state index in [2.05, 4.69) is 9.62 Å². The van der Waals surface area contributed by atoms with Crippen molar-refractivity contribution in [2.24, 2.45) is 5.92 Å². The summed E-state index contributed by atoms with van der Waals surface area (Å²) < 4.78 is 32.5. The highest BCUT2D eigenvalue weighted by atomic mass is 32.2. The molecule has 2 rings (SSSR count). The molecule has 1 aliphatic heterocycles. The van der Waals surface area contributed by atoms with Crippen LogP contribution in [0.4, 0.5) is 0 Å². The zero-order valence-corrected chi connectivity index (χ0v) is 14.4. The van der Waals surface area contributed by atoms with Gasteiger partial charge in [-0.2, -0.15) is 0 Å². The first-order chi connectivity index (χ1) is 11.0. The number of sulfonamides is 1. The third-order valence-electron chi connectivity index (χ3n) is 4.03. The Morgan fingerprint density at radius 2 is 2.09 bits per heavy atom. The number of ether oxygens (including phenoxy) is 1. The third kappa shape index (κ3) is 5.46. The molecule has 0 bridgehead atoms. The Morgan fingerprint density at radius 1 is 1.35 bits per heavy atom. The van der Waals surface area contributed by atoms with Gasteiger partial charge in [0.2, 0.25) is 10.0 Å². The van der Waals surface area contributed by atoms with Gasteiger partial charge in [-0.05, 0) is 56.5 Å². The molecule has 1 fully saturated rings. The average molecular weight is 342 g/mol. The van der Waals surface area contributed by atoms with Crippen molar-refractivity contribution in [3.8, 4) is 5.75 Å². The van der Waals surface area contributed by atoms with Crippen LogP contribution in [0.2, 0.25) is 0 Å². The van der Waals surface area contributed by atoms with Crippen molar-refractivity contribution in [3.05, 3.63) is 24.3 Å². The van der Waals surface area contributed by atoms with Crippen LogP contribution in [-0.2, 0) is 10.0 Å². The zero-order chi connectivity index (χ0) is 16.7. The Balaban J connectivity index is 1.83. The van der Waals surface area contributed by atoms with Gasteiger partial charge < -0.3 is 14.7 Å². The maximum atomic E-state index is 12.3. The Morgan fingerprint density at radius 3 is 2.74 bits per heavy atom. The first kappa shape index (κ1) is 18.2. The predicted molar refractivity (Wildman–Crippen MR) is 89.0 cm³/mol. The van der Waals surface area contributed by atoms with Gasteiger partial charge in [0.25, 0.3) is 0 Å². The average Bonchev–Trinajstić information content (AvgIpc) is 2.56. The van der Waals surface area contributed by atoms with Gasteiger partial charge in [0.15, 0.2) is 0 Å². The summed E-state index contributed by atoms with van der Waals surface area (Å²) >= 11 is 0. The van der Waals surface area contributed by atoms with Crippen molar-refractivity contribution in [1.29, 1.82) is 0 Å². The Labute approximate surface area is 138 Å². The smallest absolute Gasteiger partial charge is 0.240 e. The molecule has 7 heteroatoms. The number of nitrogens with zero attached hydrogens (tertiary/aromatic N) is 1. The summed E-state index contributed by atoms with van der Waals surface area (Å²) in [5.41, 5.74) is 0. The molecule has 0 aliphatic carbocycles. The van der Waals surface area contributed by atoms with Crippen molar-refractivity contribution >= 4 is 10.0 Å². The summed E-state index contributed by atoms with van der Waals surface area (Å²) in [6, 6.07) is 6.43. The van der Waals surface area contributed by atoms with E-state index in [0.717, 1.165) is 25.9 Å². The maximum absolute atomic E-state index is 12.3. The number of piperidine rings is 1. The summed E-state index contributed by atoms with van der Waals surface area (Å²) in [6.07, 6.45) is 2.10. The van der Waals surface area contributed by atoms with Crippen LogP contribution in [0.5, 0.6) is 5.75 Å². The fourth-order valence-electron chi connectivity index (χ4n) is 2.81. The number of rotatable bonds is 8. The lowest BCUT2D eigenvalue weighted by atomic mass is 9.99. The molecular formula is C16H26N2O4S. The molecule has 0 radical (unpaired) electrons. The first-order valence-corrected chi connectivity index (χ1v) is 9.59. The van der Waals surface area contributed by atoms with Crippen LogP contribution in [-0.4, -0.2) is 57.8 Å². The molecule has 6 nitrogen and oxygen atoms in total. The summed E-state index contributed by atoms with van der Waals surface area (Å²) in [5, 5.41) is 9.22.